The molecule has 1 saturated heterocycles. The van der Waals surface area contributed by atoms with Crippen LogP contribution in [0.15, 0.2) is 16.8 Å². The van der Waals surface area contributed by atoms with Gasteiger partial charge in [0.15, 0.2) is 0 Å². The van der Waals surface area contributed by atoms with Crippen molar-refractivity contribution in [1.82, 2.24) is 10.4 Å². The van der Waals surface area contributed by atoms with E-state index in [1.165, 1.54) is 11.3 Å². The van der Waals surface area contributed by atoms with Crippen LogP contribution in [0, 0.1) is 5.92 Å². The number of thiophene rings is 1. The Morgan fingerprint density at radius 1 is 1.47 bits per heavy atom. The maximum absolute atomic E-state index is 12.1. The van der Waals surface area contributed by atoms with Gasteiger partial charge in [0.2, 0.25) is 5.91 Å². The number of nitrogens with one attached hydrogen (secondary N) is 1. The fourth-order valence-electron chi connectivity index (χ4n) is 2.14. The van der Waals surface area contributed by atoms with E-state index in [2.05, 4.69) is 5.48 Å². The third kappa shape index (κ3) is 3.54. The molecule has 1 aromatic rings. The highest BCUT2D eigenvalue weighted by atomic mass is 32.1. The molecule has 6 heteroatoms. The van der Waals surface area contributed by atoms with Gasteiger partial charge in [-0.2, -0.15) is 11.3 Å². The van der Waals surface area contributed by atoms with Crippen molar-refractivity contribution < 1.29 is 14.4 Å². The molecule has 1 aliphatic rings. The van der Waals surface area contributed by atoms with E-state index in [0.717, 1.165) is 5.56 Å². The molecule has 2 amide bonds. The Hall–Kier alpha value is -1.40. The van der Waals surface area contributed by atoms with Crippen LogP contribution in [0.5, 0.6) is 0 Å². The van der Waals surface area contributed by atoms with E-state index in [1.54, 1.807) is 0 Å². The van der Waals surface area contributed by atoms with Gasteiger partial charge in [-0.3, -0.25) is 14.4 Å². The lowest BCUT2D eigenvalue weighted by Gasteiger charge is -2.31. The third-order valence-corrected chi connectivity index (χ3v) is 3.92. The number of nitrogens with zero attached hydrogens (tertiary/aromatic N) is 1. The minimum absolute atomic E-state index is 0.0573. The fraction of sp³-hybridized carbons (Fsp3) is 0.538. The molecule has 1 N–H and O–H groups in total. The molecule has 0 bridgehead atoms. The topological polar surface area (TPSA) is 58.6 Å². The zero-order chi connectivity index (χ0) is 13.7. The van der Waals surface area contributed by atoms with E-state index in [0.29, 0.717) is 32.5 Å². The number of likely N-dealkylation sites (tertiary alicyclic amines) is 1. The quantitative estimate of drug-likeness (QED) is 0.855. The van der Waals surface area contributed by atoms with E-state index in [-0.39, 0.29) is 17.7 Å². The molecule has 2 rings (SSSR count). The first kappa shape index (κ1) is 14.0. The number of carbonyl (C=O) groups excluding carboxylic acids is 2. The van der Waals surface area contributed by atoms with Gasteiger partial charge in [0, 0.05) is 24.4 Å². The maximum atomic E-state index is 12.1. The standard InChI is InChI=1S/C13H18N2O3S/c1-2-18-14-12(16)10-3-6-15(7-4-10)13(17)11-5-8-19-9-11/h5,8-10H,2-4,6-7H2,1H3,(H,14,16). The summed E-state index contributed by atoms with van der Waals surface area (Å²) in [6.07, 6.45) is 1.38. The summed E-state index contributed by atoms with van der Waals surface area (Å²) < 4.78 is 0. The molecule has 0 saturated carbocycles. The van der Waals surface area contributed by atoms with Crippen molar-refractivity contribution in [2.24, 2.45) is 5.92 Å². The van der Waals surface area contributed by atoms with Crippen molar-refractivity contribution in [1.29, 1.82) is 0 Å². The minimum Gasteiger partial charge on any atom is -0.339 e. The van der Waals surface area contributed by atoms with Crippen LogP contribution < -0.4 is 5.48 Å². The second-order valence-corrected chi connectivity index (χ2v) is 5.26. The molecule has 0 radical (unpaired) electrons. The molecular weight excluding hydrogens is 264 g/mol. The summed E-state index contributed by atoms with van der Waals surface area (Å²) in [5, 5.41) is 3.76. The van der Waals surface area contributed by atoms with Gasteiger partial charge in [0.05, 0.1) is 12.2 Å². The van der Waals surface area contributed by atoms with Crippen LogP contribution in [0.4, 0.5) is 0 Å². The minimum atomic E-state index is -0.0792. The smallest absolute Gasteiger partial charge is 0.254 e. The van der Waals surface area contributed by atoms with Crippen molar-refractivity contribution in [2.75, 3.05) is 19.7 Å². The predicted octanol–water partition coefficient (Wildman–Crippen LogP) is 1.67. The highest BCUT2D eigenvalue weighted by molar-refractivity contribution is 7.08. The average Bonchev–Trinajstić information content (AvgIpc) is 2.98. The maximum Gasteiger partial charge on any atom is 0.254 e. The lowest BCUT2D eigenvalue weighted by atomic mass is 9.96. The number of piperidine rings is 1. The molecule has 2 heterocycles. The Morgan fingerprint density at radius 3 is 2.79 bits per heavy atom. The molecule has 0 aromatic carbocycles. The molecule has 19 heavy (non-hydrogen) atoms. The molecular formula is C13H18N2O3S. The lowest BCUT2D eigenvalue weighted by molar-refractivity contribution is -0.138. The van der Waals surface area contributed by atoms with Crippen LogP contribution in [0.3, 0.4) is 0 Å². The summed E-state index contributed by atoms with van der Waals surface area (Å²) in [5.74, 6) is -0.0764. The molecule has 5 nitrogen and oxygen atoms in total. The summed E-state index contributed by atoms with van der Waals surface area (Å²) in [6, 6.07) is 1.83. The van der Waals surface area contributed by atoms with Crippen LogP contribution >= 0.6 is 11.3 Å². The summed E-state index contributed by atoms with van der Waals surface area (Å²) >= 11 is 1.52. The number of carbonyl (C=O) groups is 2. The second kappa shape index (κ2) is 6.68. The average molecular weight is 282 g/mol. The van der Waals surface area contributed by atoms with Crippen molar-refractivity contribution in [2.45, 2.75) is 19.8 Å². The van der Waals surface area contributed by atoms with E-state index < -0.39 is 0 Å². The Morgan fingerprint density at radius 2 is 2.21 bits per heavy atom. The summed E-state index contributed by atoms with van der Waals surface area (Å²) in [6.45, 7) is 3.53. The molecule has 0 atom stereocenters. The molecule has 0 unspecified atom stereocenters. The van der Waals surface area contributed by atoms with Gasteiger partial charge in [-0.05, 0) is 31.2 Å². The van der Waals surface area contributed by atoms with Gasteiger partial charge in [-0.15, -0.1) is 0 Å². The normalized spacial score (nSPS) is 16.4. The van der Waals surface area contributed by atoms with E-state index in [4.69, 9.17) is 4.84 Å². The number of hydrogen-bond acceptors (Lipinski definition) is 4. The Kier molecular flexibility index (Phi) is 4.93. The number of hydroxylamine groups is 1. The highest BCUT2D eigenvalue weighted by Crippen LogP contribution is 2.20. The molecule has 1 aromatic heterocycles. The SMILES string of the molecule is CCONC(=O)C1CCN(C(=O)c2ccsc2)CC1. The van der Waals surface area contributed by atoms with Crippen LogP contribution in [0.1, 0.15) is 30.1 Å². The second-order valence-electron chi connectivity index (χ2n) is 4.48. The summed E-state index contributed by atoms with van der Waals surface area (Å²) in [7, 11) is 0. The number of rotatable bonds is 4. The molecule has 1 fully saturated rings. The predicted molar refractivity (Wildman–Crippen MR) is 72.7 cm³/mol. The van der Waals surface area contributed by atoms with Crippen molar-refractivity contribution in [3.8, 4) is 0 Å². The van der Waals surface area contributed by atoms with Gasteiger partial charge in [-0.25, -0.2) is 5.48 Å². The number of hydrogen-bond donors (Lipinski definition) is 1. The van der Waals surface area contributed by atoms with Crippen LogP contribution in [0.2, 0.25) is 0 Å². The molecule has 0 aliphatic carbocycles. The van der Waals surface area contributed by atoms with Crippen molar-refractivity contribution in [3.63, 3.8) is 0 Å². The summed E-state index contributed by atoms with van der Waals surface area (Å²) in [4.78, 5) is 30.6. The van der Waals surface area contributed by atoms with Crippen molar-refractivity contribution in [3.05, 3.63) is 22.4 Å². The van der Waals surface area contributed by atoms with Crippen molar-refractivity contribution >= 4 is 23.2 Å². The fourth-order valence-corrected chi connectivity index (χ4v) is 2.77. The Labute approximate surface area is 116 Å². The molecule has 0 spiro atoms. The van der Waals surface area contributed by atoms with Gasteiger partial charge in [0.25, 0.3) is 5.91 Å². The first-order valence-corrected chi connectivity index (χ1v) is 7.39. The van der Waals surface area contributed by atoms with Crippen LogP contribution in [-0.4, -0.2) is 36.4 Å². The zero-order valence-corrected chi connectivity index (χ0v) is 11.7. The molecule has 104 valence electrons. The monoisotopic (exact) mass is 282 g/mol. The van der Waals surface area contributed by atoms with E-state index in [1.807, 2.05) is 28.7 Å². The van der Waals surface area contributed by atoms with Crippen LogP contribution in [0.25, 0.3) is 0 Å². The van der Waals surface area contributed by atoms with Crippen LogP contribution in [-0.2, 0) is 9.63 Å². The third-order valence-electron chi connectivity index (χ3n) is 3.24. The van der Waals surface area contributed by atoms with Gasteiger partial charge in [0.1, 0.15) is 0 Å². The summed E-state index contributed by atoms with van der Waals surface area (Å²) in [5.41, 5.74) is 3.17. The largest absolute Gasteiger partial charge is 0.339 e. The zero-order valence-electron chi connectivity index (χ0n) is 10.9. The first-order chi connectivity index (χ1) is 9.22. The lowest BCUT2D eigenvalue weighted by Crippen LogP contribution is -2.42. The highest BCUT2D eigenvalue weighted by Gasteiger charge is 2.27. The Balaban J connectivity index is 1.82. The van der Waals surface area contributed by atoms with Gasteiger partial charge >= 0.3 is 0 Å². The Bertz CT molecular complexity index is 425. The molecule has 1 aliphatic heterocycles. The first-order valence-electron chi connectivity index (χ1n) is 6.45. The van der Waals surface area contributed by atoms with Gasteiger partial charge in [-0.1, -0.05) is 0 Å². The van der Waals surface area contributed by atoms with Gasteiger partial charge < -0.3 is 4.90 Å². The number of amides is 2. The van der Waals surface area contributed by atoms with E-state index >= 15 is 0 Å². The van der Waals surface area contributed by atoms with E-state index in [9.17, 15) is 9.59 Å².